The van der Waals surface area contributed by atoms with Gasteiger partial charge in [-0.1, -0.05) is 133 Å². The van der Waals surface area contributed by atoms with E-state index in [9.17, 15) is 0 Å². The van der Waals surface area contributed by atoms with Gasteiger partial charge in [-0.25, -0.2) is 15.0 Å². The monoisotopic (exact) mass is 833 g/mol. The first-order valence-electron chi connectivity index (χ1n) is 21.4. The van der Waals surface area contributed by atoms with Crippen molar-refractivity contribution in [2.45, 2.75) is 6.92 Å². The number of aromatic nitrogens is 6. The zero-order chi connectivity index (χ0) is 43.7. The summed E-state index contributed by atoms with van der Waals surface area (Å²) in [6, 6.07) is 61.0. The van der Waals surface area contributed by atoms with Gasteiger partial charge in [-0.15, -0.1) is 0 Å². The largest absolute Gasteiger partial charge is 0.272 e. The Hall–Kier alpha value is -8.81. The fourth-order valence-corrected chi connectivity index (χ4v) is 8.55. The fraction of sp³-hybridized carbons (Fsp3) is 0.0172. The van der Waals surface area contributed by atoms with E-state index in [1.807, 2.05) is 73.3 Å². The highest BCUT2D eigenvalue weighted by Crippen LogP contribution is 2.36. The molecule has 0 unspecified atom stereocenters. The number of benzene rings is 7. The van der Waals surface area contributed by atoms with Crippen LogP contribution in [-0.4, -0.2) is 36.6 Å². The van der Waals surface area contributed by atoms with Crippen molar-refractivity contribution in [3.8, 4) is 67.5 Å². The van der Waals surface area contributed by atoms with Crippen molar-refractivity contribution >= 4 is 51.1 Å². The zero-order valence-electron chi connectivity index (χ0n) is 35.5. The number of hydrogen-bond donors (Lipinski definition) is 0. The molecule has 0 amide bonds. The summed E-state index contributed by atoms with van der Waals surface area (Å²) in [6.07, 6.45) is 9.33. The molecule has 0 N–H and O–H groups in total. The highest BCUT2D eigenvalue weighted by molar-refractivity contribution is 5.96. The van der Waals surface area contributed by atoms with E-state index >= 15 is 0 Å². The second kappa shape index (κ2) is 16.8. The van der Waals surface area contributed by atoms with Crippen molar-refractivity contribution in [2.24, 2.45) is 4.99 Å². The van der Waals surface area contributed by atoms with Gasteiger partial charge in [-0.2, -0.15) is 0 Å². The Morgan fingerprint density at radius 3 is 1.58 bits per heavy atom. The summed E-state index contributed by atoms with van der Waals surface area (Å²) in [5.41, 5.74) is 12.9. The lowest BCUT2D eigenvalue weighted by Gasteiger charge is -2.14. The van der Waals surface area contributed by atoms with Gasteiger partial charge in [0.05, 0.1) is 11.0 Å². The van der Waals surface area contributed by atoms with Crippen LogP contribution < -0.4 is 10.4 Å². The Morgan fingerprint density at radius 1 is 0.446 bits per heavy atom. The number of aliphatic imine (C=N–C) groups is 1. The van der Waals surface area contributed by atoms with Crippen LogP contribution in [-0.2, 0) is 0 Å². The summed E-state index contributed by atoms with van der Waals surface area (Å²) < 4.78 is 0. The molecule has 11 rings (SSSR count). The van der Waals surface area contributed by atoms with E-state index in [4.69, 9.17) is 24.9 Å². The van der Waals surface area contributed by atoms with Gasteiger partial charge in [0.15, 0.2) is 17.5 Å². The van der Waals surface area contributed by atoms with Gasteiger partial charge in [0, 0.05) is 74.6 Å². The van der Waals surface area contributed by atoms with Gasteiger partial charge in [-0.05, 0) is 106 Å². The predicted molar refractivity (Wildman–Crippen MR) is 266 cm³/mol. The van der Waals surface area contributed by atoms with E-state index < -0.39 is 0 Å². The van der Waals surface area contributed by atoms with Crippen molar-refractivity contribution in [2.75, 3.05) is 0 Å². The van der Waals surface area contributed by atoms with Crippen LogP contribution in [0, 0.1) is 0 Å². The maximum absolute atomic E-state index is 5.21. The van der Waals surface area contributed by atoms with Crippen LogP contribution in [0.1, 0.15) is 12.5 Å². The summed E-state index contributed by atoms with van der Waals surface area (Å²) in [4.78, 5) is 33.7. The Morgan fingerprint density at radius 2 is 0.954 bits per heavy atom. The molecule has 0 aliphatic carbocycles. The lowest BCUT2D eigenvalue weighted by Crippen LogP contribution is -2.25. The lowest BCUT2D eigenvalue weighted by molar-refractivity contribution is 1.07. The highest BCUT2D eigenvalue weighted by atomic mass is 15.0. The molecule has 0 spiro atoms. The molecule has 11 aromatic rings. The van der Waals surface area contributed by atoms with E-state index in [1.165, 1.54) is 5.39 Å². The average molecular weight is 834 g/mol. The first-order valence-corrected chi connectivity index (χ1v) is 21.4. The second-order valence-electron chi connectivity index (χ2n) is 16.0. The summed E-state index contributed by atoms with van der Waals surface area (Å²) in [6.45, 7) is 5.83. The van der Waals surface area contributed by atoms with Crippen molar-refractivity contribution < 1.29 is 0 Å². The van der Waals surface area contributed by atoms with Crippen molar-refractivity contribution in [3.05, 3.63) is 217 Å². The van der Waals surface area contributed by atoms with Crippen molar-refractivity contribution in [3.63, 3.8) is 0 Å². The molecule has 0 fully saturated rings. The maximum atomic E-state index is 5.21. The number of nitrogens with zero attached hydrogens (tertiary/aromatic N) is 7. The summed E-state index contributed by atoms with van der Waals surface area (Å²) in [7, 11) is 0. The van der Waals surface area contributed by atoms with Crippen LogP contribution in [0.15, 0.2) is 206 Å². The summed E-state index contributed by atoms with van der Waals surface area (Å²) in [5, 5.41) is 6.42. The van der Waals surface area contributed by atoms with E-state index in [2.05, 4.69) is 151 Å². The van der Waals surface area contributed by atoms with Crippen molar-refractivity contribution in [1.29, 1.82) is 0 Å². The number of fused-ring (bicyclic) bond motifs is 3. The molecule has 7 nitrogen and oxygen atoms in total. The average Bonchev–Trinajstić information content (AvgIpc) is 3.38. The summed E-state index contributed by atoms with van der Waals surface area (Å²) >= 11 is 0. The first kappa shape index (κ1) is 39.1. The van der Waals surface area contributed by atoms with Crippen molar-refractivity contribution in [1.82, 2.24) is 29.9 Å². The Labute approximate surface area is 375 Å². The van der Waals surface area contributed by atoms with E-state index in [0.29, 0.717) is 17.5 Å². The van der Waals surface area contributed by atoms with E-state index in [1.54, 1.807) is 6.20 Å². The number of rotatable bonds is 8. The SMILES string of the molecule is C=N/C=c1/cccc/c1=C(/C)c1ccc(-c2cc(-c3ccc(-c4cncc5ccccc45)cc3)cc(-c3nc(-c4cnc5ccccc5c4)nc(-c4cnc5ccccc5c4)n3)c2)cc1. The minimum Gasteiger partial charge on any atom is -0.272 e. The van der Waals surface area contributed by atoms with Gasteiger partial charge >= 0.3 is 0 Å². The summed E-state index contributed by atoms with van der Waals surface area (Å²) in [5.74, 6) is 1.59. The van der Waals surface area contributed by atoms with Crippen LogP contribution >= 0.6 is 0 Å². The first-order chi connectivity index (χ1) is 32.0. The minimum absolute atomic E-state index is 0.524. The Bertz CT molecular complexity index is 3650. The fourth-order valence-electron chi connectivity index (χ4n) is 8.55. The standard InChI is InChI=1S/C58H39N7/c1-37(51-15-7-3-13-44(51)32-59-2)38-19-21-39(22-20-38)46-29-47(40-23-25-41(26-24-40)53-36-60-33-45-14-4-8-16-52(45)53)31-48(30-46)56-63-57(49-27-42-11-5-9-17-54(42)61-34-49)65-58(64-56)50-28-43-12-6-10-18-55(43)62-35-50/h3-36H,2H2,1H3/b44-32-,51-37+. The van der Waals surface area contributed by atoms with Crippen LogP contribution in [0.2, 0.25) is 0 Å². The van der Waals surface area contributed by atoms with Gasteiger partial charge < -0.3 is 0 Å². The van der Waals surface area contributed by atoms with E-state index in [-0.39, 0.29) is 0 Å². The Balaban J connectivity index is 1.08. The molecule has 0 bridgehead atoms. The normalized spacial score (nSPS) is 12.2. The van der Waals surface area contributed by atoms with Gasteiger partial charge in [0.1, 0.15) is 0 Å². The molecule has 0 aliphatic heterocycles. The smallest absolute Gasteiger partial charge is 0.165 e. The number of para-hydroxylation sites is 2. The van der Waals surface area contributed by atoms with Crippen LogP contribution in [0.5, 0.6) is 0 Å². The third-order valence-corrected chi connectivity index (χ3v) is 12.0. The molecule has 7 heteroatoms. The number of pyridine rings is 3. The molecule has 7 aromatic carbocycles. The molecule has 65 heavy (non-hydrogen) atoms. The molecule has 0 radical (unpaired) electrons. The molecular formula is C58H39N7. The highest BCUT2D eigenvalue weighted by Gasteiger charge is 2.17. The quantitative estimate of drug-likeness (QED) is 0.142. The molecule has 0 atom stereocenters. The van der Waals surface area contributed by atoms with Crippen LogP contribution in [0.4, 0.5) is 0 Å². The van der Waals surface area contributed by atoms with Crippen LogP contribution in [0.25, 0.3) is 112 Å². The molecular weight excluding hydrogens is 795 g/mol. The lowest BCUT2D eigenvalue weighted by atomic mass is 9.93. The topological polar surface area (TPSA) is 89.7 Å². The van der Waals surface area contributed by atoms with Gasteiger partial charge in [0.2, 0.25) is 0 Å². The molecule has 0 aliphatic rings. The molecule has 4 heterocycles. The maximum Gasteiger partial charge on any atom is 0.165 e. The molecule has 0 saturated heterocycles. The van der Waals surface area contributed by atoms with Crippen LogP contribution in [0.3, 0.4) is 0 Å². The Kier molecular flexibility index (Phi) is 10.1. The number of hydrogen-bond acceptors (Lipinski definition) is 7. The zero-order valence-corrected chi connectivity index (χ0v) is 35.5. The van der Waals surface area contributed by atoms with Gasteiger partial charge in [0.25, 0.3) is 0 Å². The minimum atomic E-state index is 0.524. The molecule has 4 aromatic heterocycles. The second-order valence-corrected chi connectivity index (χ2v) is 16.0. The third-order valence-electron chi connectivity index (χ3n) is 12.0. The molecule has 0 saturated carbocycles. The van der Waals surface area contributed by atoms with E-state index in [0.717, 1.165) is 98.8 Å². The predicted octanol–water partition coefficient (Wildman–Crippen LogP) is 12.2. The molecule has 306 valence electrons. The van der Waals surface area contributed by atoms with Gasteiger partial charge in [-0.3, -0.25) is 19.9 Å². The third kappa shape index (κ3) is 7.72.